The van der Waals surface area contributed by atoms with Crippen LogP contribution >= 0.6 is 11.8 Å². The van der Waals surface area contributed by atoms with Crippen molar-refractivity contribution in [2.75, 3.05) is 24.5 Å². The number of anilines is 1. The topological polar surface area (TPSA) is 32.3 Å². The number of para-hydroxylation sites is 1. The Balaban J connectivity index is 1.41. The van der Waals surface area contributed by atoms with Crippen LogP contribution in [0.2, 0.25) is 0 Å². The van der Waals surface area contributed by atoms with Crippen molar-refractivity contribution in [1.82, 2.24) is 5.32 Å². The van der Waals surface area contributed by atoms with Gasteiger partial charge in [-0.3, -0.25) is 4.79 Å². The second kappa shape index (κ2) is 9.13. The van der Waals surface area contributed by atoms with Gasteiger partial charge in [0.25, 0.3) is 0 Å². The molecule has 0 saturated heterocycles. The van der Waals surface area contributed by atoms with Crippen LogP contribution in [0.4, 0.5) is 5.69 Å². The standard InChI is InChI=1S/C22H28N2OS/c1-17-10-12-20(13-11-17)26-18(2)22(25)23-14-6-16-24-15-5-8-19-7-3-4-9-21(19)24/h3-4,7,9-13,18H,5-6,8,14-16H2,1-2H3,(H,23,25). The van der Waals surface area contributed by atoms with Crippen LogP contribution in [0.1, 0.15) is 30.9 Å². The fourth-order valence-corrected chi connectivity index (χ4v) is 4.24. The Morgan fingerprint density at radius 2 is 1.96 bits per heavy atom. The molecule has 26 heavy (non-hydrogen) atoms. The van der Waals surface area contributed by atoms with Gasteiger partial charge >= 0.3 is 0 Å². The highest BCUT2D eigenvalue weighted by Crippen LogP contribution is 2.26. The number of nitrogens with one attached hydrogen (secondary N) is 1. The van der Waals surface area contributed by atoms with Crippen LogP contribution < -0.4 is 10.2 Å². The number of hydrogen-bond donors (Lipinski definition) is 1. The first-order valence-electron chi connectivity index (χ1n) is 9.47. The molecule has 1 amide bonds. The number of amides is 1. The van der Waals surface area contributed by atoms with E-state index in [1.807, 2.05) is 6.92 Å². The van der Waals surface area contributed by atoms with Crippen molar-refractivity contribution in [3.8, 4) is 0 Å². The van der Waals surface area contributed by atoms with E-state index in [4.69, 9.17) is 0 Å². The lowest BCUT2D eigenvalue weighted by atomic mass is 10.0. The first kappa shape index (κ1) is 18.8. The van der Waals surface area contributed by atoms with Gasteiger partial charge in [0, 0.05) is 30.2 Å². The SMILES string of the molecule is Cc1ccc(SC(C)C(=O)NCCCN2CCCc3ccccc32)cc1. The number of fused-ring (bicyclic) bond motifs is 1. The molecule has 1 aliphatic rings. The molecule has 0 aromatic heterocycles. The third-order valence-corrected chi connectivity index (χ3v) is 5.93. The van der Waals surface area contributed by atoms with E-state index in [1.165, 1.54) is 29.7 Å². The van der Waals surface area contributed by atoms with Gasteiger partial charge in [-0.15, -0.1) is 11.8 Å². The Hall–Kier alpha value is -1.94. The first-order chi connectivity index (χ1) is 12.6. The number of benzene rings is 2. The maximum absolute atomic E-state index is 12.3. The molecule has 3 nitrogen and oxygen atoms in total. The van der Waals surface area contributed by atoms with Gasteiger partial charge in [0.2, 0.25) is 5.91 Å². The minimum Gasteiger partial charge on any atom is -0.371 e. The molecule has 1 heterocycles. The van der Waals surface area contributed by atoms with E-state index in [0.29, 0.717) is 0 Å². The molecule has 0 aliphatic carbocycles. The Bertz CT molecular complexity index is 729. The number of nitrogens with zero attached hydrogens (tertiary/aromatic N) is 1. The number of rotatable bonds is 7. The number of carbonyl (C=O) groups is 1. The quantitative estimate of drug-likeness (QED) is 0.579. The molecule has 0 bridgehead atoms. The second-order valence-corrected chi connectivity index (χ2v) is 8.35. The molecule has 1 N–H and O–H groups in total. The molecule has 1 aliphatic heterocycles. The molecular formula is C22H28N2OS. The normalized spacial score (nSPS) is 14.6. The van der Waals surface area contributed by atoms with Gasteiger partial charge in [-0.25, -0.2) is 0 Å². The predicted molar refractivity (Wildman–Crippen MR) is 111 cm³/mol. The van der Waals surface area contributed by atoms with Gasteiger partial charge in [0.15, 0.2) is 0 Å². The molecule has 0 spiro atoms. The maximum atomic E-state index is 12.3. The maximum Gasteiger partial charge on any atom is 0.233 e. The highest BCUT2D eigenvalue weighted by Gasteiger charge is 2.16. The van der Waals surface area contributed by atoms with E-state index < -0.39 is 0 Å². The first-order valence-corrected chi connectivity index (χ1v) is 10.4. The largest absolute Gasteiger partial charge is 0.371 e. The molecule has 138 valence electrons. The zero-order chi connectivity index (χ0) is 18.4. The summed E-state index contributed by atoms with van der Waals surface area (Å²) >= 11 is 1.61. The number of carbonyl (C=O) groups excluding carboxylic acids is 1. The van der Waals surface area contributed by atoms with Gasteiger partial charge in [0.05, 0.1) is 5.25 Å². The van der Waals surface area contributed by atoms with Crippen molar-refractivity contribution in [1.29, 1.82) is 0 Å². The van der Waals surface area contributed by atoms with Crippen LogP contribution in [0, 0.1) is 6.92 Å². The third-order valence-electron chi connectivity index (χ3n) is 4.81. The van der Waals surface area contributed by atoms with Gasteiger partial charge in [-0.2, -0.15) is 0 Å². The highest BCUT2D eigenvalue weighted by atomic mass is 32.2. The Kier molecular flexibility index (Phi) is 6.62. The fourth-order valence-electron chi connectivity index (χ4n) is 3.34. The molecule has 1 unspecified atom stereocenters. The van der Waals surface area contributed by atoms with Crippen LogP contribution in [0.25, 0.3) is 0 Å². The Morgan fingerprint density at radius 3 is 2.77 bits per heavy atom. The smallest absolute Gasteiger partial charge is 0.233 e. The Morgan fingerprint density at radius 1 is 1.19 bits per heavy atom. The Labute approximate surface area is 161 Å². The van der Waals surface area contributed by atoms with Crippen LogP contribution in [0.3, 0.4) is 0 Å². The van der Waals surface area contributed by atoms with E-state index in [-0.39, 0.29) is 11.2 Å². The van der Waals surface area contributed by atoms with E-state index in [9.17, 15) is 4.79 Å². The number of thioether (sulfide) groups is 1. The lowest BCUT2D eigenvalue weighted by Crippen LogP contribution is -2.35. The predicted octanol–water partition coefficient (Wildman–Crippen LogP) is 4.43. The molecule has 1 atom stereocenters. The summed E-state index contributed by atoms with van der Waals surface area (Å²) in [6, 6.07) is 17.0. The monoisotopic (exact) mass is 368 g/mol. The van der Waals surface area contributed by atoms with Crippen molar-refractivity contribution >= 4 is 23.4 Å². The molecule has 0 saturated carbocycles. The van der Waals surface area contributed by atoms with Gasteiger partial charge in [-0.1, -0.05) is 35.9 Å². The van der Waals surface area contributed by atoms with Crippen LogP contribution in [0.5, 0.6) is 0 Å². The average Bonchev–Trinajstić information content (AvgIpc) is 2.67. The minimum absolute atomic E-state index is 0.0755. The van der Waals surface area contributed by atoms with E-state index >= 15 is 0 Å². The molecule has 4 heteroatoms. The van der Waals surface area contributed by atoms with Crippen LogP contribution in [-0.4, -0.2) is 30.8 Å². The second-order valence-electron chi connectivity index (χ2n) is 6.94. The van der Waals surface area contributed by atoms with Gasteiger partial charge < -0.3 is 10.2 Å². The zero-order valence-electron chi connectivity index (χ0n) is 15.7. The summed E-state index contributed by atoms with van der Waals surface area (Å²) in [4.78, 5) is 15.9. The summed E-state index contributed by atoms with van der Waals surface area (Å²) in [7, 11) is 0. The van der Waals surface area contributed by atoms with Gasteiger partial charge in [0.1, 0.15) is 0 Å². The molecule has 2 aromatic carbocycles. The third kappa shape index (κ3) is 5.04. The van der Waals surface area contributed by atoms with E-state index in [0.717, 1.165) is 31.0 Å². The summed E-state index contributed by atoms with van der Waals surface area (Å²) in [5, 5.41) is 3.02. The average molecular weight is 369 g/mol. The molecule has 2 aromatic rings. The molecule has 3 rings (SSSR count). The minimum atomic E-state index is -0.0755. The summed E-state index contributed by atoms with van der Waals surface area (Å²) < 4.78 is 0. The van der Waals surface area contributed by atoms with Crippen molar-refractivity contribution in [2.45, 2.75) is 43.3 Å². The van der Waals surface area contributed by atoms with Crippen molar-refractivity contribution in [2.24, 2.45) is 0 Å². The van der Waals surface area contributed by atoms with Crippen LogP contribution in [-0.2, 0) is 11.2 Å². The van der Waals surface area contributed by atoms with Gasteiger partial charge in [-0.05, 0) is 56.9 Å². The summed E-state index contributed by atoms with van der Waals surface area (Å²) in [5.74, 6) is 0.120. The van der Waals surface area contributed by atoms with Crippen molar-refractivity contribution in [3.63, 3.8) is 0 Å². The van der Waals surface area contributed by atoms with E-state index in [2.05, 4.69) is 65.7 Å². The number of hydrogen-bond acceptors (Lipinski definition) is 3. The summed E-state index contributed by atoms with van der Waals surface area (Å²) in [6.07, 6.45) is 3.37. The number of aryl methyl sites for hydroxylation is 2. The molecule has 0 radical (unpaired) electrons. The molecule has 0 fully saturated rings. The van der Waals surface area contributed by atoms with E-state index in [1.54, 1.807) is 11.8 Å². The van der Waals surface area contributed by atoms with Crippen molar-refractivity contribution < 1.29 is 4.79 Å². The fraction of sp³-hybridized carbons (Fsp3) is 0.409. The zero-order valence-corrected chi connectivity index (χ0v) is 16.5. The summed E-state index contributed by atoms with van der Waals surface area (Å²) in [6.45, 7) is 6.89. The molecular weight excluding hydrogens is 340 g/mol. The highest BCUT2D eigenvalue weighted by molar-refractivity contribution is 8.00. The van der Waals surface area contributed by atoms with Crippen molar-refractivity contribution in [3.05, 3.63) is 59.7 Å². The summed E-state index contributed by atoms with van der Waals surface area (Å²) in [5.41, 5.74) is 4.06. The van der Waals surface area contributed by atoms with Crippen LogP contribution in [0.15, 0.2) is 53.4 Å². The lowest BCUT2D eigenvalue weighted by molar-refractivity contribution is -0.120. The lowest BCUT2D eigenvalue weighted by Gasteiger charge is -2.31.